The van der Waals surface area contributed by atoms with Crippen LogP contribution in [0.5, 0.6) is 5.75 Å². The highest BCUT2D eigenvalue weighted by molar-refractivity contribution is 5.92. The molecule has 0 spiro atoms. The van der Waals surface area contributed by atoms with Gasteiger partial charge in [-0.1, -0.05) is 84.9 Å². The Hall–Kier alpha value is -4.20. The fraction of sp³-hybridized carbons (Fsp3) is 0.394. The Balaban J connectivity index is 1.79. The number of phenols is 1. The van der Waals surface area contributed by atoms with E-state index in [-0.39, 0.29) is 22.1 Å². The van der Waals surface area contributed by atoms with Gasteiger partial charge in [-0.3, -0.25) is 13.9 Å². The van der Waals surface area contributed by atoms with Crippen LogP contribution >= 0.6 is 0 Å². The molecule has 0 aliphatic rings. The fourth-order valence-corrected chi connectivity index (χ4v) is 6.18. The summed E-state index contributed by atoms with van der Waals surface area (Å²) in [5.41, 5.74) is 3.44. The van der Waals surface area contributed by atoms with Crippen LogP contribution in [0.3, 0.4) is 0 Å². The van der Waals surface area contributed by atoms with E-state index in [2.05, 4.69) is 66.7 Å². The Bertz CT molecular complexity index is 1920. The van der Waals surface area contributed by atoms with E-state index in [4.69, 9.17) is 10.2 Å². The van der Waals surface area contributed by atoms with Crippen LogP contribution in [0.4, 0.5) is 0 Å². The number of hydrogen-bond acceptors (Lipinski definition) is 5. The molecule has 0 aliphatic carbocycles. The fourth-order valence-electron chi connectivity index (χ4n) is 6.18. The second kappa shape index (κ2) is 9.43. The van der Waals surface area contributed by atoms with Crippen molar-refractivity contribution in [1.82, 2.24) is 24.1 Å². The second-order valence-electron chi connectivity index (χ2n) is 13.6. The zero-order valence-electron chi connectivity index (χ0n) is 25.4. The Kier molecular flexibility index (Phi) is 6.52. The van der Waals surface area contributed by atoms with Gasteiger partial charge in [0.15, 0.2) is 0 Å². The van der Waals surface area contributed by atoms with E-state index in [1.165, 1.54) is 16.4 Å². The van der Waals surface area contributed by atoms with Crippen molar-refractivity contribution in [3.63, 3.8) is 0 Å². The highest BCUT2D eigenvalue weighted by Crippen LogP contribution is 2.44. The lowest BCUT2D eigenvalue weighted by Gasteiger charge is -2.35. The number of aryl methyl sites for hydroxylation is 1. The van der Waals surface area contributed by atoms with E-state index >= 15 is 0 Å². The van der Waals surface area contributed by atoms with Crippen LogP contribution in [-0.2, 0) is 24.9 Å². The average Bonchev–Trinajstić information content (AvgIpc) is 3.31. The quantitative estimate of drug-likeness (QED) is 0.301. The van der Waals surface area contributed by atoms with Crippen LogP contribution in [0.2, 0.25) is 0 Å². The number of aromatic hydroxyl groups is 1. The van der Waals surface area contributed by atoms with Gasteiger partial charge in [0.25, 0.3) is 5.56 Å². The van der Waals surface area contributed by atoms with Crippen molar-refractivity contribution in [3.8, 4) is 11.4 Å². The number of rotatable bonds is 5. The third kappa shape index (κ3) is 4.85. The molecule has 0 atom stereocenters. The Labute approximate surface area is 239 Å². The lowest BCUT2D eigenvalue weighted by molar-refractivity contribution is 0.283. The maximum Gasteiger partial charge on any atom is 0.330 e. The van der Waals surface area contributed by atoms with Gasteiger partial charge in [-0.25, -0.2) is 4.79 Å². The zero-order valence-corrected chi connectivity index (χ0v) is 25.4. The van der Waals surface area contributed by atoms with Crippen molar-refractivity contribution in [2.24, 2.45) is 19.5 Å². The molecular formula is C33H39N5O3. The van der Waals surface area contributed by atoms with Gasteiger partial charge in [0.1, 0.15) is 22.5 Å². The minimum absolute atomic E-state index is 0.0809. The van der Waals surface area contributed by atoms with Gasteiger partial charge in [0.2, 0.25) is 0 Å². The highest BCUT2D eigenvalue weighted by Gasteiger charge is 2.34. The molecule has 0 bridgehead atoms. The zero-order chi connectivity index (χ0) is 30.1. The topological polar surface area (TPSA) is 94.9 Å². The summed E-state index contributed by atoms with van der Waals surface area (Å²) in [6.07, 6.45) is 0.923. The van der Waals surface area contributed by atoms with E-state index in [1.807, 2.05) is 24.3 Å². The van der Waals surface area contributed by atoms with E-state index in [1.54, 1.807) is 19.2 Å². The first kappa shape index (κ1) is 28.3. The summed E-state index contributed by atoms with van der Waals surface area (Å²) >= 11 is 0. The largest absolute Gasteiger partial charge is 0.505 e. The molecule has 41 heavy (non-hydrogen) atoms. The van der Waals surface area contributed by atoms with E-state index in [9.17, 15) is 14.7 Å². The van der Waals surface area contributed by atoms with E-state index in [0.717, 1.165) is 27.7 Å². The van der Waals surface area contributed by atoms with Crippen LogP contribution in [-0.4, -0.2) is 29.2 Å². The number of benzene rings is 3. The monoisotopic (exact) mass is 553 g/mol. The van der Waals surface area contributed by atoms with Crippen molar-refractivity contribution in [2.45, 2.75) is 65.7 Å². The predicted molar refractivity (Wildman–Crippen MR) is 164 cm³/mol. The summed E-state index contributed by atoms with van der Waals surface area (Å²) < 4.78 is 2.52. The molecule has 2 aromatic heterocycles. The van der Waals surface area contributed by atoms with E-state index in [0.29, 0.717) is 27.6 Å². The molecule has 0 amide bonds. The van der Waals surface area contributed by atoms with Crippen molar-refractivity contribution >= 4 is 21.9 Å². The SMILES string of the molecule is Cn1c(=O)c2cc3nn(-c4cc(C(C)(C)CC(C)(C)C)cc(C(C)(C)c5ccccc5)c4O)nc3cc2n(C)c1=O. The molecule has 5 aromatic rings. The first-order valence-corrected chi connectivity index (χ1v) is 13.9. The molecular weight excluding hydrogens is 514 g/mol. The molecule has 214 valence electrons. The average molecular weight is 554 g/mol. The summed E-state index contributed by atoms with van der Waals surface area (Å²) in [5, 5.41) is 21.7. The van der Waals surface area contributed by atoms with Crippen LogP contribution in [0.25, 0.3) is 27.6 Å². The highest BCUT2D eigenvalue weighted by atomic mass is 16.3. The van der Waals surface area contributed by atoms with Gasteiger partial charge >= 0.3 is 5.69 Å². The summed E-state index contributed by atoms with van der Waals surface area (Å²) in [7, 11) is 3.09. The van der Waals surface area contributed by atoms with Crippen LogP contribution < -0.4 is 11.2 Å². The third-order valence-corrected chi connectivity index (χ3v) is 8.20. The minimum Gasteiger partial charge on any atom is -0.505 e. The van der Waals surface area contributed by atoms with Crippen molar-refractivity contribution in [3.05, 3.63) is 92.1 Å². The smallest absolute Gasteiger partial charge is 0.330 e. The summed E-state index contributed by atoms with van der Waals surface area (Å²) in [6.45, 7) is 15.4. The Morgan fingerprint density at radius 2 is 1.39 bits per heavy atom. The van der Waals surface area contributed by atoms with Gasteiger partial charge in [-0.15, -0.1) is 15.0 Å². The van der Waals surface area contributed by atoms with Crippen molar-refractivity contribution in [2.75, 3.05) is 0 Å². The maximum atomic E-state index is 12.9. The second-order valence-corrected chi connectivity index (χ2v) is 13.6. The summed E-state index contributed by atoms with van der Waals surface area (Å²) in [6, 6.07) is 17.6. The molecule has 8 nitrogen and oxygen atoms in total. The molecule has 0 fully saturated rings. The van der Waals surface area contributed by atoms with Crippen molar-refractivity contribution in [1.29, 1.82) is 0 Å². The molecule has 0 unspecified atom stereocenters. The summed E-state index contributed by atoms with van der Waals surface area (Å²) in [4.78, 5) is 26.9. The van der Waals surface area contributed by atoms with E-state index < -0.39 is 11.1 Å². The van der Waals surface area contributed by atoms with Crippen LogP contribution in [0, 0.1) is 5.41 Å². The van der Waals surface area contributed by atoms with Gasteiger partial charge in [-0.2, -0.15) is 0 Å². The number of hydrogen-bond donors (Lipinski definition) is 1. The lowest BCUT2D eigenvalue weighted by Crippen LogP contribution is -2.36. The lowest BCUT2D eigenvalue weighted by atomic mass is 9.70. The normalized spacial score (nSPS) is 12.9. The number of nitrogens with zero attached hydrogens (tertiary/aromatic N) is 5. The standard InChI is InChI=1S/C33H39N5O3/c1-31(2,3)19-32(4,5)21-15-23(33(6,7)20-13-11-10-12-14-20)28(39)27(16-21)38-34-24-17-22-26(18-25(24)35-38)36(8)30(41)37(9)29(22)40/h10-18,39H,19H2,1-9H3. The third-order valence-electron chi connectivity index (χ3n) is 8.20. The Morgan fingerprint density at radius 1 is 0.780 bits per heavy atom. The van der Waals surface area contributed by atoms with Crippen molar-refractivity contribution < 1.29 is 5.11 Å². The number of aromatic nitrogens is 5. The minimum atomic E-state index is -0.514. The molecule has 3 aromatic carbocycles. The Morgan fingerprint density at radius 3 is 2.00 bits per heavy atom. The van der Waals surface area contributed by atoms with Gasteiger partial charge in [-0.05, 0) is 46.6 Å². The molecule has 8 heteroatoms. The number of phenolic OH excluding ortho intramolecular Hbond substituents is 1. The first-order valence-electron chi connectivity index (χ1n) is 13.9. The van der Waals surface area contributed by atoms with Gasteiger partial charge < -0.3 is 5.11 Å². The van der Waals surface area contributed by atoms with Crippen LogP contribution in [0.1, 0.15) is 71.6 Å². The molecule has 0 aliphatic heterocycles. The van der Waals surface area contributed by atoms with Crippen LogP contribution in [0.15, 0.2) is 64.2 Å². The molecule has 2 heterocycles. The number of fused-ring (bicyclic) bond motifs is 2. The molecule has 0 saturated heterocycles. The first-order chi connectivity index (χ1) is 19.0. The molecule has 0 saturated carbocycles. The molecule has 5 rings (SSSR count). The van der Waals surface area contributed by atoms with Gasteiger partial charge in [0.05, 0.1) is 10.9 Å². The van der Waals surface area contributed by atoms with Gasteiger partial charge in [0, 0.05) is 25.1 Å². The molecule has 1 N–H and O–H groups in total. The molecule has 0 radical (unpaired) electrons. The predicted octanol–water partition coefficient (Wildman–Crippen LogP) is 5.72. The summed E-state index contributed by atoms with van der Waals surface area (Å²) in [5.74, 6) is 0.0994. The maximum absolute atomic E-state index is 12.9.